The second-order valence-corrected chi connectivity index (χ2v) is 7.85. The van der Waals surface area contributed by atoms with E-state index in [2.05, 4.69) is 37.6 Å². The zero-order chi connectivity index (χ0) is 21.9. The second kappa shape index (κ2) is 8.65. The summed E-state index contributed by atoms with van der Waals surface area (Å²) < 4.78 is 5.69. The minimum atomic E-state index is -0.277. The Hall–Kier alpha value is -3.96. The molecule has 2 N–H and O–H groups in total. The number of nitrogens with zero attached hydrogens (tertiary/aromatic N) is 4. The molecule has 0 radical (unpaired) electrons. The van der Waals surface area contributed by atoms with Gasteiger partial charge in [-0.25, -0.2) is 9.97 Å². The fourth-order valence-corrected chi connectivity index (χ4v) is 4.18. The average molecular weight is 426 g/mol. The number of anilines is 3. The zero-order valence-corrected chi connectivity index (χ0v) is 17.4. The molecule has 0 unspecified atom stereocenters. The molecule has 3 aromatic rings. The third kappa shape index (κ3) is 4.11. The van der Waals surface area contributed by atoms with Crippen molar-refractivity contribution in [1.29, 1.82) is 5.26 Å². The minimum Gasteiger partial charge on any atom is -0.374 e. The summed E-state index contributed by atoms with van der Waals surface area (Å²) in [7, 11) is 0. The molecule has 3 heterocycles. The number of nitrogens with one attached hydrogen (secondary N) is 2. The number of hydrogen-bond acceptors (Lipinski definition) is 7. The van der Waals surface area contributed by atoms with Crippen LogP contribution in [0.25, 0.3) is 11.3 Å². The van der Waals surface area contributed by atoms with Crippen molar-refractivity contribution >= 4 is 23.2 Å². The lowest BCUT2D eigenvalue weighted by Crippen LogP contribution is -2.36. The van der Waals surface area contributed by atoms with Crippen LogP contribution >= 0.6 is 0 Å². The van der Waals surface area contributed by atoms with E-state index in [9.17, 15) is 4.79 Å². The van der Waals surface area contributed by atoms with Gasteiger partial charge in [0.1, 0.15) is 6.54 Å². The van der Waals surface area contributed by atoms with Crippen molar-refractivity contribution in [1.82, 2.24) is 15.3 Å². The van der Waals surface area contributed by atoms with E-state index in [1.165, 1.54) is 5.69 Å². The first-order valence-electron chi connectivity index (χ1n) is 10.5. The molecule has 2 aliphatic rings. The van der Waals surface area contributed by atoms with Crippen LogP contribution in [0.5, 0.6) is 0 Å². The van der Waals surface area contributed by atoms with E-state index < -0.39 is 0 Å². The number of benzene rings is 2. The van der Waals surface area contributed by atoms with Gasteiger partial charge in [-0.05, 0) is 48.9 Å². The Morgan fingerprint density at radius 1 is 1.16 bits per heavy atom. The highest BCUT2D eigenvalue weighted by atomic mass is 16.5. The van der Waals surface area contributed by atoms with Gasteiger partial charge in [-0.15, -0.1) is 0 Å². The molecule has 5 rings (SSSR count). The van der Waals surface area contributed by atoms with E-state index in [1.54, 1.807) is 18.3 Å². The molecule has 2 bridgehead atoms. The topological polar surface area (TPSA) is 103 Å². The summed E-state index contributed by atoms with van der Waals surface area (Å²) in [6, 6.07) is 19.6. The molecule has 2 atom stereocenters. The molecule has 1 aromatic heterocycles. The molecule has 8 nitrogen and oxygen atoms in total. The van der Waals surface area contributed by atoms with Crippen LogP contribution in [0.4, 0.5) is 17.3 Å². The summed E-state index contributed by atoms with van der Waals surface area (Å²) in [6.45, 7) is 1.76. The van der Waals surface area contributed by atoms with Gasteiger partial charge in [0, 0.05) is 35.2 Å². The monoisotopic (exact) mass is 426 g/mol. The first-order chi connectivity index (χ1) is 15.7. The maximum Gasteiger partial charge on any atom is 0.252 e. The Morgan fingerprint density at radius 3 is 2.66 bits per heavy atom. The third-order valence-electron chi connectivity index (χ3n) is 5.78. The molecule has 2 fully saturated rings. The van der Waals surface area contributed by atoms with Gasteiger partial charge < -0.3 is 20.3 Å². The predicted octanol–water partition coefficient (Wildman–Crippen LogP) is 3.12. The van der Waals surface area contributed by atoms with E-state index in [0.717, 1.165) is 36.5 Å². The number of carbonyl (C=O) groups is 1. The molecule has 160 valence electrons. The smallest absolute Gasteiger partial charge is 0.252 e. The summed E-state index contributed by atoms with van der Waals surface area (Å²) in [6.07, 6.45) is 3.19. The molecule has 32 heavy (non-hydrogen) atoms. The first kappa shape index (κ1) is 20.0. The van der Waals surface area contributed by atoms with E-state index in [-0.39, 0.29) is 12.5 Å². The van der Waals surface area contributed by atoms with Gasteiger partial charge in [-0.1, -0.05) is 12.1 Å². The van der Waals surface area contributed by atoms with E-state index in [0.29, 0.717) is 23.7 Å². The van der Waals surface area contributed by atoms with Crippen molar-refractivity contribution in [2.45, 2.75) is 18.6 Å². The van der Waals surface area contributed by atoms with Crippen molar-refractivity contribution in [3.63, 3.8) is 0 Å². The van der Waals surface area contributed by atoms with E-state index in [1.807, 2.05) is 36.4 Å². The molecular weight excluding hydrogens is 404 g/mol. The summed E-state index contributed by atoms with van der Waals surface area (Å²) in [4.78, 5) is 23.3. The van der Waals surface area contributed by atoms with E-state index in [4.69, 9.17) is 10.00 Å². The normalized spacial score (nSPS) is 18.9. The molecule has 2 aromatic carbocycles. The predicted molar refractivity (Wildman–Crippen MR) is 121 cm³/mol. The van der Waals surface area contributed by atoms with Gasteiger partial charge in [0.2, 0.25) is 5.95 Å². The maximum absolute atomic E-state index is 11.9. The fraction of sp³-hybridized carbons (Fsp3) is 0.250. The van der Waals surface area contributed by atoms with Crippen LogP contribution in [0.3, 0.4) is 0 Å². The summed E-state index contributed by atoms with van der Waals surface area (Å²) in [5, 5.41) is 14.4. The Balaban J connectivity index is 1.26. The average Bonchev–Trinajstić information content (AvgIpc) is 3.47. The van der Waals surface area contributed by atoms with Crippen LogP contribution in [-0.2, 0) is 4.74 Å². The molecule has 2 saturated heterocycles. The molecular formula is C24H22N6O2. The molecule has 0 saturated carbocycles. The van der Waals surface area contributed by atoms with Gasteiger partial charge in [-0.3, -0.25) is 4.79 Å². The lowest BCUT2D eigenvalue weighted by atomic mass is 10.1. The van der Waals surface area contributed by atoms with Crippen LogP contribution in [0, 0.1) is 11.3 Å². The maximum atomic E-state index is 11.9. The Morgan fingerprint density at radius 2 is 1.97 bits per heavy atom. The Kier molecular flexibility index (Phi) is 5.40. The molecule has 1 amide bonds. The fourth-order valence-electron chi connectivity index (χ4n) is 4.18. The van der Waals surface area contributed by atoms with Crippen LogP contribution in [0.1, 0.15) is 16.8 Å². The largest absolute Gasteiger partial charge is 0.374 e. The van der Waals surface area contributed by atoms with Crippen LogP contribution < -0.4 is 15.5 Å². The number of ether oxygens (including phenoxy) is 1. The highest BCUT2D eigenvalue weighted by molar-refractivity contribution is 5.94. The number of nitriles is 1. The number of amides is 1. The SMILES string of the molecule is N#CCNC(=O)c1ccc(-c2ccnc(Nc3ccc(N4C[C@@H]5C[C@@H]4CO5)cc3)n2)cc1. The van der Waals surface area contributed by atoms with Gasteiger partial charge in [0.25, 0.3) is 5.91 Å². The molecule has 0 spiro atoms. The first-order valence-corrected chi connectivity index (χ1v) is 10.5. The summed E-state index contributed by atoms with van der Waals surface area (Å²) >= 11 is 0. The molecule has 0 aliphatic carbocycles. The van der Waals surface area contributed by atoms with Gasteiger partial charge >= 0.3 is 0 Å². The highest BCUT2D eigenvalue weighted by Crippen LogP contribution is 2.33. The highest BCUT2D eigenvalue weighted by Gasteiger charge is 2.38. The number of rotatable bonds is 6. The standard InChI is InChI=1S/C24H22N6O2/c25-10-12-26-23(31)17-3-1-16(2-4-17)22-9-11-27-24(29-22)28-18-5-7-19(8-6-18)30-14-21-13-20(30)15-32-21/h1-9,11,20-21H,12-15H2,(H,26,31)(H,27,28,29)/t20-,21+/m1/s1. The summed E-state index contributed by atoms with van der Waals surface area (Å²) in [5.41, 5.74) is 4.23. The third-order valence-corrected chi connectivity index (χ3v) is 5.78. The summed E-state index contributed by atoms with van der Waals surface area (Å²) in [5.74, 6) is 0.223. The van der Waals surface area contributed by atoms with Gasteiger partial charge in [0.15, 0.2) is 0 Å². The van der Waals surface area contributed by atoms with Crippen molar-refractivity contribution < 1.29 is 9.53 Å². The minimum absolute atomic E-state index is 0.0178. The van der Waals surface area contributed by atoms with Crippen LogP contribution in [0.15, 0.2) is 60.8 Å². The Bertz CT molecular complexity index is 1160. The second-order valence-electron chi connectivity index (χ2n) is 7.85. The number of morpholine rings is 1. The quantitative estimate of drug-likeness (QED) is 0.584. The molecule has 2 aliphatic heterocycles. The molecule has 8 heteroatoms. The van der Waals surface area contributed by atoms with Gasteiger partial charge in [-0.2, -0.15) is 5.26 Å². The van der Waals surface area contributed by atoms with Crippen molar-refractivity contribution in [3.05, 3.63) is 66.4 Å². The van der Waals surface area contributed by atoms with Gasteiger partial charge in [0.05, 0.1) is 30.5 Å². The Labute approximate surface area is 185 Å². The number of hydrogen-bond donors (Lipinski definition) is 2. The zero-order valence-electron chi connectivity index (χ0n) is 17.4. The van der Waals surface area contributed by atoms with Crippen molar-refractivity contribution in [3.8, 4) is 17.3 Å². The van der Waals surface area contributed by atoms with Crippen molar-refractivity contribution in [2.24, 2.45) is 0 Å². The van der Waals surface area contributed by atoms with Crippen molar-refractivity contribution in [2.75, 3.05) is 29.9 Å². The van der Waals surface area contributed by atoms with Crippen LogP contribution in [-0.4, -0.2) is 47.7 Å². The lowest BCUT2D eigenvalue weighted by Gasteiger charge is -2.29. The number of carbonyl (C=O) groups excluding carboxylic acids is 1. The van der Waals surface area contributed by atoms with E-state index >= 15 is 0 Å². The lowest BCUT2D eigenvalue weighted by molar-refractivity contribution is 0.0958. The number of fused-ring (bicyclic) bond motifs is 2. The van der Waals surface area contributed by atoms with Crippen LogP contribution in [0.2, 0.25) is 0 Å². The number of aromatic nitrogens is 2.